The third-order valence-electron chi connectivity index (χ3n) is 1.90. The molecule has 16 heavy (non-hydrogen) atoms. The minimum absolute atomic E-state index is 0.0668. The van der Waals surface area contributed by atoms with E-state index in [2.05, 4.69) is 25.6 Å². The van der Waals surface area contributed by atoms with Crippen LogP contribution < -0.4 is 15.4 Å². The molecular weight excluding hydrogens is 206 g/mol. The number of ether oxygens (including phenoxy) is 1. The van der Waals surface area contributed by atoms with E-state index < -0.39 is 0 Å². The first-order chi connectivity index (χ1) is 7.74. The summed E-state index contributed by atoms with van der Waals surface area (Å²) in [6.07, 6.45) is 1.72. The molecule has 1 aromatic rings. The maximum atomic E-state index is 5.40. The zero-order chi connectivity index (χ0) is 11.4. The van der Waals surface area contributed by atoms with Crippen LogP contribution in [0.1, 0.15) is 13.8 Å². The Morgan fingerprint density at radius 2 is 2.38 bits per heavy atom. The molecule has 0 atom stereocenters. The molecule has 1 aliphatic heterocycles. The predicted octanol–water partition coefficient (Wildman–Crippen LogP) is 0.635. The van der Waals surface area contributed by atoms with Crippen molar-refractivity contribution >= 4 is 11.8 Å². The van der Waals surface area contributed by atoms with Gasteiger partial charge in [0, 0.05) is 12.7 Å². The summed E-state index contributed by atoms with van der Waals surface area (Å²) in [5.74, 6) is 1.42. The quantitative estimate of drug-likeness (QED) is 0.783. The Balaban J connectivity index is 2.03. The second kappa shape index (κ2) is 4.78. The fraction of sp³-hybridized carbons (Fsp3) is 0.500. The summed E-state index contributed by atoms with van der Waals surface area (Å²) in [5.41, 5.74) is 0. The van der Waals surface area contributed by atoms with Crippen LogP contribution in [0.2, 0.25) is 0 Å². The van der Waals surface area contributed by atoms with Gasteiger partial charge < -0.3 is 15.4 Å². The Morgan fingerprint density at radius 3 is 3.06 bits per heavy atom. The van der Waals surface area contributed by atoms with Crippen LogP contribution in [0.25, 0.3) is 0 Å². The van der Waals surface area contributed by atoms with Crippen molar-refractivity contribution in [2.75, 3.05) is 18.4 Å². The van der Waals surface area contributed by atoms with Gasteiger partial charge in [-0.1, -0.05) is 0 Å². The zero-order valence-corrected chi connectivity index (χ0v) is 9.40. The molecular formula is C10H15N5O. The molecule has 1 aliphatic rings. The number of nitrogens with zero attached hydrogens (tertiary/aromatic N) is 3. The maximum Gasteiger partial charge on any atom is 0.318 e. The van der Waals surface area contributed by atoms with Gasteiger partial charge in [-0.15, -0.1) is 0 Å². The molecule has 0 amide bonds. The van der Waals surface area contributed by atoms with Gasteiger partial charge in [0.05, 0.1) is 12.6 Å². The minimum atomic E-state index is 0.0668. The van der Waals surface area contributed by atoms with Gasteiger partial charge in [0.2, 0.25) is 0 Å². The molecule has 0 fully saturated rings. The van der Waals surface area contributed by atoms with Crippen molar-refractivity contribution in [2.24, 2.45) is 4.99 Å². The Bertz CT molecular complexity index is 391. The fourth-order valence-electron chi connectivity index (χ4n) is 1.28. The molecule has 6 heteroatoms. The smallest absolute Gasteiger partial charge is 0.318 e. The summed E-state index contributed by atoms with van der Waals surface area (Å²) in [7, 11) is 0. The van der Waals surface area contributed by atoms with Crippen molar-refractivity contribution in [3.8, 4) is 6.01 Å². The summed E-state index contributed by atoms with van der Waals surface area (Å²) in [4.78, 5) is 12.4. The van der Waals surface area contributed by atoms with Crippen LogP contribution >= 0.6 is 0 Å². The molecule has 0 aromatic carbocycles. The largest absolute Gasteiger partial charge is 0.461 e. The van der Waals surface area contributed by atoms with Gasteiger partial charge in [-0.2, -0.15) is 4.98 Å². The summed E-state index contributed by atoms with van der Waals surface area (Å²) in [6.45, 7) is 5.53. The number of anilines is 1. The van der Waals surface area contributed by atoms with E-state index >= 15 is 0 Å². The third kappa shape index (κ3) is 2.82. The van der Waals surface area contributed by atoms with Gasteiger partial charge in [-0.05, 0) is 19.9 Å². The van der Waals surface area contributed by atoms with Crippen molar-refractivity contribution in [3.63, 3.8) is 0 Å². The van der Waals surface area contributed by atoms with Gasteiger partial charge in [0.25, 0.3) is 0 Å². The molecule has 0 aliphatic carbocycles. The second-order valence-corrected chi connectivity index (χ2v) is 3.67. The van der Waals surface area contributed by atoms with E-state index in [1.54, 1.807) is 12.3 Å². The highest BCUT2D eigenvalue weighted by Crippen LogP contribution is 2.09. The van der Waals surface area contributed by atoms with Gasteiger partial charge in [-0.3, -0.25) is 4.99 Å². The molecule has 86 valence electrons. The summed E-state index contributed by atoms with van der Waals surface area (Å²) < 4.78 is 5.40. The topological polar surface area (TPSA) is 71.4 Å². The van der Waals surface area contributed by atoms with Crippen molar-refractivity contribution in [1.29, 1.82) is 0 Å². The van der Waals surface area contributed by atoms with Crippen LogP contribution in [0.3, 0.4) is 0 Å². The molecule has 0 unspecified atom stereocenters. The maximum absolute atomic E-state index is 5.40. The predicted molar refractivity (Wildman–Crippen MR) is 61.7 cm³/mol. The number of hydrogen-bond acceptors (Lipinski definition) is 6. The molecule has 2 rings (SSSR count). The summed E-state index contributed by atoms with van der Waals surface area (Å²) >= 11 is 0. The van der Waals surface area contributed by atoms with E-state index in [1.165, 1.54) is 0 Å². The first-order valence-corrected chi connectivity index (χ1v) is 5.29. The zero-order valence-electron chi connectivity index (χ0n) is 9.40. The summed E-state index contributed by atoms with van der Waals surface area (Å²) in [5, 5.41) is 6.17. The van der Waals surface area contributed by atoms with Crippen LogP contribution in [-0.4, -0.2) is 35.1 Å². The molecule has 2 heterocycles. The lowest BCUT2D eigenvalue weighted by Gasteiger charge is -2.09. The minimum Gasteiger partial charge on any atom is -0.461 e. The second-order valence-electron chi connectivity index (χ2n) is 3.67. The monoisotopic (exact) mass is 221 g/mol. The van der Waals surface area contributed by atoms with Crippen molar-refractivity contribution < 1.29 is 4.74 Å². The standard InChI is InChI=1S/C10H15N5O/c1-7(2)16-10-13-4-3-8(15-10)14-9-11-5-6-12-9/h3-4,7H,5-6H2,1-2H3,(H2,11,12,13,14,15). The Labute approximate surface area is 94.2 Å². The average Bonchev–Trinajstić information content (AvgIpc) is 2.70. The number of rotatable bonds is 3. The highest BCUT2D eigenvalue weighted by Gasteiger charge is 2.07. The molecule has 0 saturated carbocycles. The highest BCUT2D eigenvalue weighted by atomic mass is 16.5. The number of aromatic nitrogens is 2. The molecule has 0 radical (unpaired) electrons. The number of guanidine groups is 1. The van der Waals surface area contributed by atoms with Gasteiger partial charge in [0.1, 0.15) is 5.82 Å². The number of aliphatic imine (C=N–C) groups is 1. The molecule has 0 bridgehead atoms. The summed E-state index contributed by atoms with van der Waals surface area (Å²) in [6, 6.07) is 2.15. The Hall–Kier alpha value is -1.85. The Morgan fingerprint density at radius 1 is 1.50 bits per heavy atom. The molecule has 0 spiro atoms. The van der Waals surface area contributed by atoms with E-state index in [0.717, 1.165) is 19.0 Å². The van der Waals surface area contributed by atoms with Crippen LogP contribution in [-0.2, 0) is 0 Å². The van der Waals surface area contributed by atoms with Crippen molar-refractivity contribution in [1.82, 2.24) is 15.3 Å². The SMILES string of the molecule is CC(C)Oc1nccc(NC2=NCCN2)n1. The third-order valence-corrected chi connectivity index (χ3v) is 1.90. The van der Waals surface area contributed by atoms with E-state index in [0.29, 0.717) is 11.8 Å². The van der Waals surface area contributed by atoms with Crippen molar-refractivity contribution in [2.45, 2.75) is 20.0 Å². The van der Waals surface area contributed by atoms with Crippen LogP contribution in [0.5, 0.6) is 6.01 Å². The van der Waals surface area contributed by atoms with Crippen LogP contribution in [0.4, 0.5) is 5.82 Å². The van der Waals surface area contributed by atoms with Crippen LogP contribution in [0, 0.1) is 0 Å². The lowest BCUT2D eigenvalue weighted by molar-refractivity contribution is 0.222. The first kappa shape index (κ1) is 10.7. The van der Waals surface area contributed by atoms with Gasteiger partial charge >= 0.3 is 6.01 Å². The fourth-order valence-corrected chi connectivity index (χ4v) is 1.28. The normalized spacial score (nSPS) is 14.6. The molecule has 1 aromatic heterocycles. The highest BCUT2D eigenvalue weighted by molar-refractivity contribution is 5.93. The van der Waals surface area contributed by atoms with E-state index in [9.17, 15) is 0 Å². The van der Waals surface area contributed by atoms with Gasteiger partial charge in [-0.25, -0.2) is 4.98 Å². The average molecular weight is 221 g/mol. The lowest BCUT2D eigenvalue weighted by Crippen LogP contribution is -2.26. The molecule has 2 N–H and O–H groups in total. The molecule has 6 nitrogen and oxygen atoms in total. The lowest BCUT2D eigenvalue weighted by atomic mass is 10.5. The van der Waals surface area contributed by atoms with Gasteiger partial charge in [0.15, 0.2) is 5.96 Å². The van der Waals surface area contributed by atoms with E-state index in [1.807, 2.05) is 13.8 Å². The van der Waals surface area contributed by atoms with Crippen LogP contribution in [0.15, 0.2) is 17.3 Å². The molecule has 0 saturated heterocycles. The van der Waals surface area contributed by atoms with E-state index in [4.69, 9.17) is 4.74 Å². The first-order valence-electron chi connectivity index (χ1n) is 5.29. The van der Waals surface area contributed by atoms with E-state index in [-0.39, 0.29) is 6.10 Å². The Kier molecular flexibility index (Phi) is 3.19. The number of hydrogen-bond donors (Lipinski definition) is 2. The number of nitrogens with one attached hydrogen (secondary N) is 2. The van der Waals surface area contributed by atoms with Crippen molar-refractivity contribution in [3.05, 3.63) is 12.3 Å².